The molecule has 3 aliphatic carbocycles. The van der Waals surface area contributed by atoms with Crippen LogP contribution in [0.5, 0.6) is 5.75 Å². The lowest BCUT2D eigenvalue weighted by Gasteiger charge is -2.50. The minimum absolute atomic E-state index is 0.0640. The van der Waals surface area contributed by atoms with Crippen LogP contribution in [0, 0.1) is 17.8 Å². The predicted molar refractivity (Wildman–Crippen MR) is 161 cm³/mol. The van der Waals surface area contributed by atoms with E-state index in [9.17, 15) is 34.8 Å². The Labute approximate surface area is 252 Å². The van der Waals surface area contributed by atoms with Crippen molar-refractivity contribution in [3.8, 4) is 5.75 Å². The van der Waals surface area contributed by atoms with E-state index in [1.54, 1.807) is 20.2 Å². The number of piperidine rings is 1. The zero-order chi connectivity index (χ0) is 31.5. The molecule has 0 aromatic heterocycles. The van der Waals surface area contributed by atoms with E-state index in [1.165, 1.54) is 17.7 Å². The van der Waals surface area contributed by atoms with Crippen LogP contribution in [-0.2, 0) is 27.3 Å². The van der Waals surface area contributed by atoms with E-state index >= 15 is 0 Å². The first-order chi connectivity index (χ1) is 20.2. The van der Waals surface area contributed by atoms with Crippen LogP contribution >= 0.6 is 0 Å². The number of aliphatic hydroxyl groups excluding tert-OH is 2. The number of nitrogens with zero attached hydrogens (tertiary/aromatic N) is 3. The Balaban J connectivity index is 1.60. The number of carbonyl (C=O) groups is 3. The number of aliphatic hydroxyl groups is 3. The second kappa shape index (κ2) is 11.3. The van der Waals surface area contributed by atoms with Crippen molar-refractivity contribution in [3.63, 3.8) is 0 Å². The van der Waals surface area contributed by atoms with Crippen molar-refractivity contribution in [1.29, 1.82) is 0 Å². The van der Waals surface area contributed by atoms with Gasteiger partial charge in [-0.3, -0.25) is 24.2 Å². The minimum Gasteiger partial charge on any atom is -0.508 e. The Morgan fingerprint density at radius 2 is 1.77 bits per heavy atom. The van der Waals surface area contributed by atoms with Crippen molar-refractivity contribution >= 4 is 28.9 Å². The lowest BCUT2D eigenvalue weighted by Crippen LogP contribution is -2.65. The lowest BCUT2D eigenvalue weighted by atomic mass is 9.57. The number of phenols is 1. The van der Waals surface area contributed by atoms with Gasteiger partial charge in [-0.05, 0) is 81.9 Å². The number of likely N-dealkylation sites (tertiary alicyclic amines) is 1. The van der Waals surface area contributed by atoms with Gasteiger partial charge < -0.3 is 31.1 Å². The molecular weight excluding hydrogens is 552 g/mol. The normalized spacial score (nSPS) is 28.2. The number of nitrogens with two attached hydrogens (primary N) is 1. The highest BCUT2D eigenvalue weighted by Crippen LogP contribution is 2.54. The summed E-state index contributed by atoms with van der Waals surface area (Å²) in [7, 11) is 6.99. The molecule has 43 heavy (non-hydrogen) atoms. The zero-order valence-corrected chi connectivity index (χ0v) is 25.7. The van der Waals surface area contributed by atoms with Crippen molar-refractivity contribution in [2.75, 3.05) is 46.2 Å². The fourth-order valence-electron chi connectivity index (χ4n) is 8.13. The number of fused-ring (bicyclic) bond motifs is 3. The third kappa shape index (κ3) is 4.81. The Bertz CT molecular complexity index is 1420. The molecule has 0 bridgehead atoms. The fraction of sp³-hybridized carbons (Fsp3) is 0.594. The molecule has 1 saturated heterocycles. The van der Waals surface area contributed by atoms with Crippen LogP contribution in [0.2, 0.25) is 0 Å². The average molecular weight is 597 g/mol. The maximum absolute atomic E-state index is 14.1. The predicted octanol–water partition coefficient (Wildman–Crippen LogP) is 2.04. The minimum atomic E-state index is -2.64. The highest BCUT2D eigenvalue weighted by Gasteiger charge is 2.64. The van der Waals surface area contributed by atoms with Gasteiger partial charge in [-0.2, -0.15) is 0 Å². The molecule has 4 atom stereocenters. The van der Waals surface area contributed by atoms with E-state index in [-0.39, 0.29) is 29.7 Å². The van der Waals surface area contributed by atoms with Gasteiger partial charge in [0.05, 0.1) is 11.6 Å². The summed E-state index contributed by atoms with van der Waals surface area (Å²) in [5.41, 5.74) is 4.37. The number of benzene rings is 1. The molecule has 1 aromatic rings. The van der Waals surface area contributed by atoms with Crippen LogP contribution in [0.15, 0.2) is 23.0 Å². The van der Waals surface area contributed by atoms with Gasteiger partial charge >= 0.3 is 0 Å². The van der Waals surface area contributed by atoms with Gasteiger partial charge in [0.15, 0.2) is 11.4 Å². The van der Waals surface area contributed by atoms with Gasteiger partial charge in [-0.1, -0.05) is 19.8 Å². The number of rotatable bonds is 7. The number of ketones is 2. The molecule has 11 nitrogen and oxygen atoms in total. The highest BCUT2D eigenvalue weighted by atomic mass is 16.3. The summed E-state index contributed by atoms with van der Waals surface area (Å²) in [6.45, 7) is 4.77. The zero-order valence-electron chi connectivity index (χ0n) is 25.7. The van der Waals surface area contributed by atoms with Crippen LogP contribution in [-0.4, -0.2) is 101 Å². The number of carbonyl (C=O) groups excluding carboxylic acids is 3. The summed E-state index contributed by atoms with van der Waals surface area (Å²) in [4.78, 5) is 45.4. The molecule has 234 valence electrons. The molecule has 0 spiro atoms. The van der Waals surface area contributed by atoms with Crippen molar-refractivity contribution < 1.29 is 34.8 Å². The maximum Gasteiger partial charge on any atom is 0.255 e. The van der Waals surface area contributed by atoms with E-state index in [1.807, 2.05) is 19.0 Å². The molecule has 1 heterocycles. The van der Waals surface area contributed by atoms with Crippen LogP contribution in [0.4, 0.5) is 5.69 Å². The van der Waals surface area contributed by atoms with Gasteiger partial charge in [0.25, 0.3) is 5.91 Å². The van der Waals surface area contributed by atoms with Gasteiger partial charge in [0.1, 0.15) is 22.8 Å². The first-order valence-electron chi connectivity index (χ1n) is 15.2. The second-order valence-corrected chi connectivity index (χ2v) is 13.1. The van der Waals surface area contributed by atoms with E-state index < -0.39 is 58.0 Å². The van der Waals surface area contributed by atoms with Crippen LogP contribution in [0.3, 0.4) is 0 Å². The number of primary amides is 1. The molecule has 6 N–H and O–H groups in total. The second-order valence-electron chi connectivity index (χ2n) is 13.1. The Hall–Kier alpha value is -3.41. The average Bonchev–Trinajstić information content (AvgIpc) is 2.91. The summed E-state index contributed by atoms with van der Waals surface area (Å²) in [6.07, 6.45) is 5.01. The molecule has 11 heteroatoms. The number of phenolic OH excluding ortho intramolecular Hbond substituents is 1. The molecule has 4 aliphatic rings. The van der Waals surface area contributed by atoms with E-state index in [2.05, 4.69) is 11.8 Å². The van der Waals surface area contributed by atoms with Gasteiger partial charge in [0, 0.05) is 37.8 Å². The van der Waals surface area contributed by atoms with Crippen molar-refractivity contribution in [2.45, 2.75) is 63.6 Å². The number of hydrogen-bond acceptors (Lipinski definition) is 10. The number of amides is 1. The van der Waals surface area contributed by atoms with Crippen LogP contribution in [0.1, 0.15) is 55.7 Å². The van der Waals surface area contributed by atoms with Crippen molar-refractivity contribution in [1.82, 2.24) is 9.80 Å². The summed E-state index contributed by atoms with van der Waals surface area (Å²) in [5, 5.41) is 45.7. The smallest absolute Gasteiger partial charge is 0.255 e. The van der Waals surface area contributed by atoms with E-state index in [4.69, 9.17) is 5.73 Å². The van der Waals surface area contributed by atoms with Crippen LogP contribution < -0.4 is 10.6 Å². The Kier molecular flexibility index (Phi) is 8.12. The van der Waals surface area contributed by atoms with E-state index in [0.29, 0.717) is 12.1 Å². The summed E-state index contributed by atoms with van der Waals surface area (Å²) >= 11 is 0. The molecule has 0 radical (unpaired) electrons. The molecule has 1 aromatic carbocycles. The topological polar surface area (TPSA) is 168 Å². The molecule has 0 unspecified atom stereocenters. The van der Waals surface area contributed by atoms with Gasteiger partial charge in [-0.25, -0.2) is 0 Å². The molecule has 1 saturated carbocycles. The highest BCUT2D eigenvalue weighted by molar-refractivity contribution is 6.24. The molecule has 2 fully saturated rings. The SMILES string of the molecule is CCCC1CCN(Cc2cc(O)c3c(c2N(C)C)C[C@H]2C[C@H]4[C@H](N(C)C)C(=O)C(C(N)=O)=C(O)[C@@]4(O)C(=O)C2=C3O)CC1. The first-order valence-corrected chi connectivity index (χ1v) is 15.2. The molecule has 1 aliphatic heterocycles. The number of anilines is 1. The summed E-state index contributed by atoms with van der Waals surface area (Å²) in [6, 6.07) is 0.527. The number of hydrogen-bond donors (Lipinski definition) is 5. The van der Waals surface area contributed by atoms with E-state index in [0.717, 1.165) is 43.1 Å². The monoisotopic (exact) mass is 596 g/mol. The third-order valence-corrected chi connectivity index (χ3v) is 10.0. The molecule has 1 amide bonds. The summed E-state index contributed by atoms with van der Waals surface area (Å²) < 4.78 is 0. The van der Waals surface area contributed by atoms with Crippen LogP contribution in [0.25, 0.3) is 5.76 Å². The van der Waals surface area contributed by atoms with Crippen molar-refractivity contribution in [2.24, 2.45) is 23.5 Å². The fourth-order valence-corrected chi connectivity index (χ4v) is 8.13. The number of likely N-dealkylation sites (N-methyl/N-ethyl adjacent to an activating group) is 1. The first kappa shape index (κ1) is 31.0. The van der Waals surface area contributed by atoms with Gasteiger partial charge in [-0.15, -0.1) is 0 Å². The molecular formula is C32H44N4O7. The standard InChI is InChI=1S/C32H44N4O7/c1-6-7-16-8-10-36(11-9-16)15-18-14-21(37)23-19(25(18)34(2)3)12-17-13-20-26(35(4)5)28(39)24(31(33)42)30(41)32(20,43)29(40)22(17)27(23)38/h14,16-17,20,26,37-38,41,43H,6-13,15H2,1-5H3,(H2,33,42)/t17-,20-,26-,32-/m0/s1. The quantitative estimate of drug-likeness (QED) is 0.294. The number of Topliss-reactive ketones (excluding diaryl/α,β-unsaturated/α-hetero) is 2. The molecule has 5 rings (SSSR count). The lowest BCUT2D eigenvalue weighted by molar-refractivity contribution is -0.153. The Morgan fingerprint density at radius 3 is 2.33 bits per heavy atom. The number of aromatic hydroxyl groups is 1. The van der Waals surface area contributed by atoms with Gasteiger partial charge in [0.2, 0.25) is 5.78 Å². The summed E-state index contributed by atoms with van der Waals surface area (Å²) in [5.74, 6) is -5.72. The Morgan fingerprint density at radius 1 is 1.12 bits per heavy atom. The third-order valence-electron chi connectivity index (χ3n) is 10.0. The maximum atomic E-state index is 14.1. The van der Waals surface area contributed by atoms with Crippen molar-refractivity contribution in [3.05, 3.63) is 39.7 Å². The largest absolute Gasteiger partial charge is 0.508 e.